The Morgan fingerprint density at radius 3 is 2.47 bits per heavy atom. The van der Waals surface area contributed by atoms with Crippen molar-refractivity contribution in [3.63, 3.8) is 0 Å². The van der Waals surface area contributed by atoms with E-state index in [9.17, 15) is 23.3 Å². The molecule has 0 aliphatic heterocycles. The van der Waals surface area contributed by atoms with E-state index in [0.29, 0.717) is 18.9 Å². The van der Waals surface area contributed by atoms with Gasteiger partial charge in [-0.15, -0.1) is 0 Å². The van der Waals surface area contributed by atoms with Crippen LogP contribution in [-0.4, -0.2) is 17.0 Å². The van der Waals surface area contributed by atoms with E-state index >= 15 is 0 Å². The molecule has 0 heterocycles. The Balaban J connectivity index is 2.25. The average molecular weight is 275 g/mol. The number of benzene rings is 1. The van der Waals surface area contributed by atoms with E-state index in [1.165, 1.54) is 0 Å². The number of anilines is 1. The molecule has 0 unspecified atom stereocenters. The van der Waals surface area contributed by atoms with Crippen LogP contribution in [0.3, 0.4) is 0 Å². The number of alkyl halides is 3. The lowest BCUT2D eigenvalue weighted by molar-refractivity contribution is -0.384. The molecular weight excluding hydrogens is 263 g/mol. The number of nitrogens with one attached hydrogen (secondary N) is 1. The molecule has 1 aliphatic carbocycles. The third-order valence-electron chi connectivity index (χ3n) is 3.06. The summed E-state index contributed by atoms with van der Waals surface area (Å²) >= 11 is 0. The highest BCUT2D eigenvalue weighted by Crippen LogP contribution is 2.36. The normalized spacial score (nSPS) is 22.7. The predicted molar refractivity (Wildman–Crippen MR) is 62.7 cm³/mol. The number of hydrogen-bond acceptors (Lipinski definition) is 4. The van der Waals surface area contributed by atoms with Crippen molar-refractivity contribution in [2.24, 2.45) is 5.73 Å². The maximum Gasteiger partial charge on any atom is 0.416 e. The zero-order chi connectivity index (χ0) is 14.2. The summed E-state index contributed by atoms with van der Waals surface area (Å²) in [5.41, 5.74) is 4.07. The molecule has 0 amide bonds. The molecule has 0 bridgehead atoms. The molecule has 19 heavy (non-hydrogen) atoms. The topological polar surface area (TPSA) is 81.2 Å². The van der Waals surface area contributed by atoms with Crippen molar-refractivity contribution in [3.8, 4) is 0 Å². The molecule has 0 aromatic heterocycles. The highest BCUT2D eigenvalue weighted by Gasteiger charge is 2.34. The Morgan fingerprint density at radius 1 is 1.37 bits per heavy atom. The highest BCUT2D eigenvalue weighted by atomic mass is 19.4. The number of nitrogens with zero attached hydrogens (tertiary/aromatic N) is 1. The minimum Gasteiger partial charge on any atom is -0.377 e. The first-order chi connectivity index (χ1) is 8.77. The molecule has 2 rings (SSSR count). The maximum atomic E-state index is 12.5. The van der Waals surface area contributed by atoms with Crippen LogP contribution in [0.5, 0.6) is 0 Å². The van der Waals surface area contributed by atoms with Gasteiger partial charge in [-0.1, -0.05) is 0 Å². The van der Waals surface area contributed by atoms with E-state index in [4.69, 9.17) is 5.73 Å². The highest BCUT2D eigenvalue weighted by molar-refractivity contribution is 5.63. The van der Waals surface area contributed by atoms with Gasteiger partial charge in [0.1, 0.15) is 5.69 Å². The largest absolute Gasteiger partial charge is 0.416 e. The fraction of sp³-hybridized carbons (Fsp3) is 0.455. The first kappa shape index (κ1) is 13.6. The molecule has 5 nitrogen and oxygen atoms in total. The lowest BCUT2D eigenvalue weighted by Gasteiger charge is -2.33. The van der Waals surface area contributed by atoms with E-state index in [1.807, 2.05) is 0 Å². The van der Waals surface area contributed by atoms with Crippen LogP contribution in [0.15, 0.2) is 18.2 Å². The molecule has 8 heteroatoms. The third-order valence-corrected chi connectivity index (χ3v) is 3.06. The van der Waals surface area contributed by atoms with Gasteiger partial charge in [0, 0.05) is 18.2 Å². The summed E-state index contributed by atoms with van der Waals surface area (Å²) in [5.74, 6) is 0. The molecule has 0 saturated heterocycles. The Kier molecular flexibility index (Phi) is 3.36. The van der Waals surface area contributed by atoms with Crippen LogP contribution in [0.4, 0.5) is 24.5 Å². The van der Waals surface area contributed by atoms with E-state index in [2.05, 4.69) is 5.32 Å². The van der Waals surface area contributed by atoms with Gasteiger partial charge in [0.2, 0.25) is 0 Å². The van der Waals surface area contributed by atoms with Gasteiger partial charge >= 0.3 is 6.18 Å². The second-order valence-electron chi connectivity index (χ2n) is 4.56. The van der Waals surface area contributed by atoms with Gasteiger partial charge in [-0.3, -0.25) is 10.1 Å². The second kappa shape index (κ2) is 4.69. The average Bonchev–Trinajstić information content (AvgIpc) is 2.25. The summed E-state index contributed by atoms with van der Waals surface area (Å²) in [6.45, 7) is 0. The van der Waals surface area contributed by atoms with Crippen LogP contribution in [0.1, 0.15) is 18.4 Å². The number of halogens is 3. The summed E-state index contributed by atoms with van der Waals surface area (Å²) in [6.07, 6.45) is -3.29. The maximum absolute atomic E-state index is 12.5. The van der Waals surface area contributed by atoms with Gasteiger partial charge in [0.25, 0.3) is 5.69 Å². The molecule has 1 aromatic rings. The Bertz CT molecular complexity index is 498. The molecular formula is C11H12F3N3O2. The Hall–Kier alpha value is -1.83. The zero-order valence-electron chi connectivity index (χ0n) is 9.78. The van der Waals surface area contributed by atoms with Gasteiger partial charge < -0.3 is 11.1 Å². The molecule has 0 atom stereocenters. The Morgan fingerprint density at radius 2 is 2.00 bits per heavy atom. The lowest BCUT2D eigenvalue weighted by Crippen LogP contribution is -2.44. The number of rotatable bonds is 3. The summed E-state index contributed by atoms with van der Waals surface area (Å²) < 4.78 is 37.5. The first-order valence-corrected chi connectivity index (χ1v) is 5.65. The van der Waals surface area contributed by atoms with Crippen LogP contribution in [0.25, 0.3) is 0 Å². The van der Waals surface area contributed by atoms with Crippen LogP contribution in [-0.2, 0) is 6.18 Å². The van der Waals surface area contributed by atoms with Crippen molar-refractivity contribution in [1.82, 2.24) is 0 Å². The molecule has 0 spiro atoms. The molecule has 3 N–H and O–H groups in total. The quantitative estimate of drug-likeness (QED) is 0.656. The molecule has 1 fully saturated rings. The number of nitrogens with two attached hydrogens (primary N) is 1. The van der Waals surface area contributed by atoms with Gasteiger partial charge in [-0.2, -0.15) is 13.2 Å². The van der Waals surface area contributed by atoms with E-state index < -0.39 is 22.4 Å². The summed E-state index contributed by atoms with van der Waals surface area (Å²) in [7, 11) is 0. The molecule has 104 valence electrons. The molecule has 0 radical (unpaired) electrons. The predicted octanol–water partition coefficient (Wildman–Crippen LogP) is 2.52. The fourth-order valence-electron chi connectivity index (χ4n) is 1.98. The van der Waals surface area contributed by atoms with Crippen molar-refractivity contribution in [2.75, 3.05) is 5.32 Å². The van der Waals surface area contributed by atoms with Crippen molar-refractivity contribution in [2.45, 2.75) is 31.1 Å². The van der Waals surface area contributed by atoms with Crippen LogP contribution < -0.4 is 11.1 Å². The van der Waals surface area contributed by atoms with Gasteiger partial charge in [-0.05, 0) is 25.0 Å². The zero-order valence-corrected chi connectivity index (χ0v) is 9.78. The minimum atomic E-state index is -4.60. The summed E-state index contributed by atoms with van der Waals surface area (Å²) in [6, 6.07) is 2.48. The number of nitro benzene ring substituents is 1. The SMILES string of the molecule is NC1CC(Nc2ccc(C(F)(F)F)cc2[N+](=O)[O-])C1. The van der Waals surface area contributed by atoms with Gasteiger partial charge in [-0.25, -0.2) is 0 Å². The molecule has 1 saturated carbocycles. The van der Waals surface area contributed by atoms with E-state index in [-0.39, 0.29) is 17.8 Å². The summed E-state index contributed by atoms with van der Waals surface area (Å²) in [5, 5.41) is 13.7. The second-order valence-corrected chi connectivity index (χ2v) is 4.56. The standard InChI is InChI=1S/C11H12F3N3O2/c12-11(13,14)6-1-2-9(10(3-6)17(18)19)16-8-4-7(15)5-8/h1-3,7-8,16H,4-5,15H2. The summed E-state index contributed by atoms with van der Waals surface area (Å²) in [4.78, 5) is 10.0. The lowest BCUT2D eigenvalue weighted by atomic mass is 9.87. The van der Waals surface area contributed by atoms with E-state index in [0.717, 1.165) is 12.1 Å². The van der Waals surface area contributed by atoms with Gasteiger partial charge in [0.05, 0.1) is 10.5 Å². The van der Waals surface area contributed by atoms with Crippen molar-refractivity contribution >= 4 is 11.4 Å². The van der Waals surface area contributed by atoms with Crippen LogP contribution in [0, 0.1) is 10.1 Å². The third kappa shape index (κ3) is 2.95. The first-order valence-electron chi connectivity index (χ1n) is 5.65. The minimum absolute atomic E-state index is 0.0227. The number of nitro groups is 1. The molecule has 1 aliphatic rings. The smallest absolute Gasteiger partial charge is 0.377 e. The van der Waals surface area contributed by atoms with Crippen LogP contribution in [0.2, 0.25) is 0 Å². The van der Waals surface area contributed by atoms with Crippen molar-refractivity contribution < 1.29 is 18.1 Å². The number of hydrogen-bond donors (Lipinski definition) is 2. The van der Waals surface area contributed by atoms with Crippen molar-refractivity contribution in [3.05, 3.63) is 33.9 Å². The van der Waals surface area contributed by atoms with Crippen molar-refractivity contribution in [1.29, 1.82) is 0 Å². The van der Waals surface area contributed by atoms with E-state index in [1.54, 1.807) is 0 Å². The monoisotopic (exact) mass is 275 g/mol. The fourth-order valence-corrected chi connectivity index (χ4v) is 1.98. The van der Waals surface area contributed by atoms with Gasteiger partial charge in [0.15, 0.2) is 0 Å². The molecule has 1 aromatic carbocycles. The Labute approximate surface area is 106 Å². The van der Waals surface area contributed by atoms with Crippen LogP contribution >= 0.6 is 0 Å².